The summed E-state index contributed by atoms with van der Waals surface area (Å²) < 4.78 is 0. The lowest BCUT2D eigenvalue weighted by atomic mass is 9.49. The number of phenolic OH excluding ortho intramolecular Hbond substituents is 1. The molecule has 2 fully saturated rings. The Morgan fingerprint density at radius 1 is 1.20 bits per heavy atom. The maximum Gasteiger partial charge on any atom is 0.115 e. The Hall–Kier alpha value is -1.06. The van der Waals surface area contributed by atoms with Crippen LogP contribution in [0.4, 0.5) is 0 Å². The van der Waals surface area contributed by atoms with E-state index in [2.05, 4.69) is 18.0 Å². The van der Waals surface area contributed by atoms with Gasteiger partial charge in [-0.05, 0) is 62.5 Å². The molecule has 3 unspecified atom stereocenters. The molecule has 1 heterocycles. The Kier molecular flexibility index (Phi) is 2.52. The molecule has 3 aliphatic rings. The number of fused-ring (bicyclic) bond motifs is 1. The molecule has 1 aromatic rings. The zero-order valence-corrected chi connectivity index (χ0v) is 12.1. The summed E-state index contributed by atoms with van der Waals surface area (Å²) >= 11 is 0. The first-order chi connectivity index (χ1) is 9.57. The molecule has 20 heavy (non-hydrogen) atoms. The molecule has 0 spiro atoms. The topological polar surface area (TPSA) is 43.7 Å². The van der Waals surface area contributed by atoms with Gasteiger partial charge in [0.05, 0.1) is 5.60 Å². The van der Waals surface area contributed by atoms with E-state index in [9.17, 15) is 10.2 Å². The highest BCUT2D eigenvalue weighted by atomic mass is 16.3. The van der Waals surface area contributed by atoms with Gasteiger partial charge in [0.15, 0.2) is 0 Å². The third-order valence-corrected chi connectivity index (χ3v) is 6.24. The maximum atomic E-state index is 11.5. The SMILES string of the molecule is CN1CCC23CCCCC2(O)C1Cc1ccc(O)cc13. The van der Waals surface area contributed by atoms with E-state index in [1.54, 1.807) is 6.07 Å². The largest absolute Gasteiger partial charge is 0.508 e. The average molecular weight is 273 g/mol. The van der Waals surface area contributed by atoms with Gasteiger partial charge in [0.1, 0.15) is 5.75 Å². The van der Waals surface area contributed by atoms with E-state index in [4.69, 9.17) is 0 Å². The number of likely N-dealkylation sites (tertiary alicyclic amines) is 1. The minimum atomic E-state index is -0.612. The lowest BCUT2D eigenvalue weighted by molar-refractivity contribution is -0.160. The number of aliphatic hydroxyl groups is 1. The molecule has 1 saturated heterocycles. The first-order valence-corrected chi connectivity index (χ1v) is 7.82. The molecule has 0 aromatic heterocycles. The number of hydrogen-bond donors (Lipinski definition) is 2. The van der Waals surface area contributed by atoms with Crippen LogP contribution >= 0.6 is 0 Å². The van der Waals surface area contributed by atoms with E-state index in [0.717, 1.165) is 38.6 Å². The number of nitrogens with zero attached hydrogens (tertiary/aromatic N) is 1. The van der Waals surface area contributed by atoms with E-state index in [-0.39, 0.29) is 11.5 Å². The first kappa shape index (κ1) is 12.7. The van der Waals surface area contributed by atoms with Crippen molar-refractivity contribution in [3.63, 3.8) is 0 Å². The Bertz CT molecular complexity index is 558. The average Bonchev–Trinajstić information content (AvgIpc) is 2.43. The van der Waals surface area contributed by atoms with Crippen molar-refractivity contribution in [1.29, 1.82) is 0 Å². The van der Waals surface area contributed by atoms with Gasteiger partial charge in [-0.15, -0.1) is 0 Å². The summed E-state index contributed by atoms with van der Waals surface area (Å²) in [6.45, 7) is 1.04. The molecule has 0 amide bonds. The highest BCUT2D eigenvalue weighted by Gasteiger charge is 2.62. The highest BCUT2D eigenvalue weighted by molar-refractivity contribution is 5.47. The van der Waals surface area contributed by atoms with Crippen LogP contribution in [0.5, 0.6) is 5.75 Å². The number of phenols is 1. The van der Waals surface area contributed by atoms with Crippen molar-refractivity contribution in [2.24, 2.45) is 0 Å². The predicted molar refractivity (Wildman–Crippen MR) is 77.9 cm³/mol. The van der Waals surface area contributed by atoms with Crippen LogP contribution in [-0.2, 0) is 11.8 Å². The highest BCUT2D eigenvalue weighted by Crippen LogP contribution is 2.58. The van der Waals surface area contributed by atoms with Crippen molar-refractivity contribution in [1.82, 2.24) is 4.90 Å². The lowest BCUT2D eigenvalue weighted by Crippen LogP contribution is -2.71. The standard InChI is InChI=1S/C17H23NO2/c1-18-9-8-16-6-2-3-7-17(16,20)15(18)10-12-4-5-13(19)11-14(12)16/h4-5,11,15,19-20H,2-3,6-10H2,1H3. The molecule has 2 bridgehead atoms. The third kappa shape index (κ3) is 1.38. The van der Waals surface area contributed by atoms with Gasteiger partial charge in [-0.3, -0.25) is 0 Å². The summed E-state index contributed by atoms with van der Waals surface area (Å²) in [7, 11) is 2.15. The third-order valence-electron chi connectivity index (χ3n) is 6.24. The molecule has 1 saturated carbocycles. The first-order valence-electron chi connectivity index (χ1n) is 7.82. The van der Waals surface area contributed by atoms with Crippen molar-refractivity contribution in [2.75, 3.05) is 13.6 Å². The number of piperidine rings is 1. The predicted octanol–water partition coefficient (Wildman–Crippen LogP) is 2.20. The number of aromatic hydroxyl groups is 1. The number of likely N-dealkylation sites (N-methyl/N-ethyl adjacent to an activating group) is 1. The van der Waals surface area contributed by atoms with Crippen LogP contribution in [0.1, 0.15) is 43.2 Å². The number of rotatable bonds is 0. The van der Waals surface area contributed by atoms with Crippen molar-refractivity contribution in [3.05, 3.63) is 29.3 Å². The fourth-order valence-corrected chi connectivity index (χ4v) is 5.22. The van der Waals surface area contributed by atoms with Gasteiger partial charge < -0.3 is 15.1 Å². The van der Waals surface area contributed by atoms with Gasteiger partial charge >= 0.3 is 0 Å². The lowest BCUT2D eigenvalue weighted by Gasteiger charge is -2.63. The second-order valence-electron chi connectivity index (χ2n) is 7.01. The second kappa shape index (κ2) is 3.99. The van der Waals surface area contributed by atoms with Crippen LogP contribution in [0.2, 0.25) is 0 Å². The molecule has 4 rings (SSSR count). The summed E-state index contributed by atoms with van der Waals surface area (Å²) in [6.07, 6.45) is 6.18. The van der Waals surface area contributed by atoms with Gasteiger partial charge in [-0.2, -0.15) is 0 Å². The fraction of sp³-hybridized carbons (Fsp3) is 0.647. The molecule has 1 aromatic carbocycles. The molecule has 2 N–H and O–H groups in total. The summed E-state index contributed by atoms with van der Waals surface area (Å²) in [5.41, 5.74) is 1.81. The van der Waals surface area contributed by atoms with Gasteiger partial charge in [-0.25, -0.2) is 0 Å². The van der Waals surface area contributed by atoms with E-state index in [1.165, 1.54) is 17.5 Å². The van der Waals surface area contributed by atoms with Crippen LogP contribution in [0.15, 0.2) is 18.2 Å². The molecule has 108 valence electrons. The van der Waals surface area contributed by atoms with E-state index >= 15 is 0 Å². The van der Waals surface area contributed by atoms with Crippen LogP contribution < -0.4 is 0 Å². The summed E-state index contributed by atoms with van der Waals surface area (Å²) in [4.78, 5) is 2.35. The van der Waals surface area contributed by atoms with Crippen molar-refractivity contribution in [2.45, 2.75) is 55.6 Å². The summed E-state index contributed by atoms with van der Waals surface area (Å²) in [5.74, 6) is 0.337. The number of benzene rings is 1. The van der Waals surface area contributed by atoms with Crippen LogP contribution in [0.3, 0.4) is 0 Å². The molecule has 3 nitrogen and oxygen atoms in total. The zero-order chi connectivity index (χ0) is 14.0. The Morgan fingerprint density at radius 3 is 2.85 bits per heavy atom. The monoisotopic (exact) mass is 273 g/mol. The molecule has 2 aliphatic carbocycles. The fourth-order valence-electron chi connectivity index (χ4n) is 5.22. The minimum absolute atomic E-state index is 0.130. The molecule has 0 radical (unpaired) electrons. The normalized spacial score (nSPS) is 40.0. The molecule has 1 aliphatic heterocycles. The van der Waals surface area contributed by atoms with E-state index in [1.807, 2.05) is 6.07 Å². The van der Waals surface area contributed by atoms with Crippen molar-refractivity contribution in [3.8, 4) is 5.75 Å². The minimum Gasteiger partial charge on any atom is -0.508 e. The van der Waals surface area contributed by atoms with Crippen molar-refractivity contribution < 1.29 is 10.2 Å². The smallest absolute Gasteiger partial charge is 0.115 e. The van der Waals surface area contributed by atoms with Crippen LogP contribution in [0, 0.1) is 0 Å². The maximum absolute atomic E-state index is 11.5. The van der Waals surface area contributed by atoms with Crippen molar-refractivity contribution >= 4 is 0 Å². The van der Waals surface area contributed by atoms with E-state index < -0.39 is 5.60 Å². The zero-order valence-electron chi connectivity index (χ0n) is 12.1. The summed E-state index contributed by atoms with van der Waals surface area (Å²) in [6, 6.07) is 6.01. The van der Waals surface area contributed by atoms with Gasteiger partial charge in [0, 0.05) is 11.5 Å². The van der Waals surface area contributed by atoms with Crippen LogP contribution in [0.25, 0.3) is 0 Å². The summed E-state index contributed by atoms with van der Waals surface area (Å²) in [5, 5.41) is 21.5. The van der Waals surface area contributed by atoms with Gasteiger partial charge in [0.25, 0.3) is 0 Å². The van der Waals surface area contributed by atoms with Crippen LogP contribution in [-0.4, -0.2) is 40.3 Å². The Balaban J connectivity index is 1.97. The number of hydrogen-bond acceptors (Lipinski definition) is 3. The second-order valence-corrected chi connectivity index (χ2v) is 7.01. The molecule has 3 atom stereocenters. The molecular formula is C17H23NO2. The van der Waals surface area contributed by atoms with Gasteiger partial charge in [-0.1, -0.05) is 18.9 Å². The molecular weight excluding hydrogens is 250 g/mol. The Labute approximate surface area is 120 Å². The van der Waals surface area contributed by atoms with E-state index in [0.29, 0.717) is 5.75 Å². The quantitative estimate of drug-likeness (QED) is 0.761. The molecule has 3 heteroatoms. The Morgan fingerprint density at radius 2 is 2.00 bits per heavy atom. The van der Waals surface area contributed by atoms with Gasteiger partial charge in [0.2, 0.25) is 0 Å².